The number of nitrogens with zero attached hydrogens (tertiary/aromatic N) is 1. The van der Waals surface area contributed by atoms with Crippen molar-refractivity contribution >= 4 is 59.2 Å². The van der Waals surface area contributed by atoms with Crippen LogP contribution in [0.15, 0.2) is 80.6 Å². The van der Waals surface area contributed by atoms with Gasteiger partial charge in [0.2, 0.25) is 0 Å². The Kier molecular flexibility index (Phi) is 6.45. The molecule has 0 bridgehead atoms. The highest BCUT2D eigenvalue weighted by Crippen LogP contribution is 2.25. The zero-order valence-corrected chi connectivity index (χ0v) is 19.7. The number of benzene rings is 3. The Hall–Kier alpha value is -2.16. The van der Waals surface area contributed by atoms with Crippen LogP contribution in [0.1, 0.15) is 15.9 Å². The second-order valence-corrected chi connectivity index (χ2v) is 10.2. The molecule has 0 aliphatic heterocycles. The van der Waals surface area contributed by atoms with E-state index < -0.39 is 10.0 Å². The standard InChI is InChI=1S/C21H18Br2N2O3S/c1-14-12-17(23)8-11-20(14)24-21(26)15-4-3-5-19(13-15)29(27,28)25(2)18-9-6-16(22)7-10-18/h3-13H,1-2H3,(H,24,26). The molecule has 5 nitrogen and oxygen atoms in total. The molecule has 1 N–H and O–H groups in total. The maximum atomic E-state index is 13.0. The van der Waals surface area contributed by atoms with E-state index in [0.717, 1.165) is 14.5 Å². The molecule has 0 saturated carbocycles. The summed E-state index contributed by atoms with van der Waals surface area (Å²) in [4.78, 5) is 12.7. The number of nitrogens with one attached hydrogen (secondary N) is 1. The molecule has 0 aliphatic rings. The number of carbonyl (C=O) groups excluding carboxylic acids is 1. The highest BCUT2D eigenvalue weighted by atomic mass is 79.9. The second-order valence-electron chi connectivity index (χ2n) is 6.39. The van der Waals surface area contributed by atoms with E-state index in [4.69, 9.17) is 0 Å². The fourth-order valence-electron chi connectivity index (χ4n) is 2.71. The van der Waals surface area contributed by atoms with Crippen molar-refractivity contribution in [3.05, 3.63) is 86.8 Å². The maximum absolute atomic E-state index is 13.0. The predicted molar refractivity (Wildman–Crippen MR) is 123 cm³/mol. The van der Waals surface area contributed by atoms with Gasteiger partial charge in [-0.2, -0.15) is 0 Å². The normalized spacial score (nSPS) is 11.2. The first-order valence-corrected chi connectivity index (χ1v) is 11.6. The summed E-state index contributed by atoms with van der Waals surface area (Å²) >= 11 is 6.73. The van der Waals surface area contributed by atoms with E-state index in [1.807, 2.05) is 19.1 Å². The molecule has 0 fully saturated rings. The lowest BCUT2D eigenvalue weighted by Gasteiger charge is -2.20. The van der Waals surface area contributed by atoms with Crippen LogP contribution >= 0.6 is 31.9 Å². The highest BCUT2D eigenvalue weighted by Gasteiger charge is 2.22. The quantitative estimate of drug-likeness (QED) is 0.461. The topological polar surface area (TPSA) is 66.5 Å². The van der Waals surface area contributed by atoms with Crippen molar-refractivity contribution in [1.82, 2.24) is 0 Å². The van der Waals surface area contributed by atoms with Crippen molar-refractivity contribution in [2.45, 2.75) is 11.8 Å². The Labute approximate surface area is 187 Å². The zero-order chi connectivity index (χ0) is 21.2. The number of amides is 1. The number of sulfonamides is 1. The summed E-state index contributed by atoms with van der Waals surface area (Å²) in [5.74, 6) is -0.376. The fourth-order valence-corrected chi connectivity index (χ4v) is 4.69. The van der Waals surface area contributed by atoms with Crippen molar-refractivity contribution in [1.29, 1.82) is 0 Å². The molecule has 1 amide bonds. The summed E-state index contributed by atoms with van der Waals surface area (Å²) in [5, 5.41) is 2.83. The van der Waals surface area contributed by atoms with E-state index in [0.29, 0.717) is 11.4 Å². The lowest BCUT2D eigenvalue weighted by Crippen LogP contribution is -2.26. The summed E-state index contributed by atoms with van der Waals surface area (Å²) in [7, 11) is -2.33. The van der Waals surface area contributed by atoms with Crippen molar-refractivity contribution in [3.63, 3.8) is 0 Å². The van der Waals surface area contributed by atoms with Crippen LogP contribution in [-0.4, -0.2) is 21.4 Å². The summed E-state index contributed by atoms with van der Waals surface area (Å²) in [5.41, 5.74) is 2.34. The molecule has 0 unspecified atom stereocenters. The third-order valence-corrected chi connectivity index (χ3v) is 7.18. The smallest absolute Gasteiger partial charge is 0.264 e. The average molecular weight is 538 g/mol. The minimum absolute atomic E-state index is 0.0445. The molecule has 8 heteroatoms. The van der Waals surface area contributed by atoms with E-state index >= 15 is 0 Å². The van der Waals surface area contributed by atoms with Crippen LogP contribution in [0.3, 0.4) is 0 Å². The van der Waals surface area contributed by atoms with Gasteiger partial charge >= 0.3 is 0 Å². The number of anilines is 2. The Morgan fingerprint density at radius 2 is 1.59 bits per heavy atom. The minimum atomic E-state index is -3.82. The van der Waals surface area contributed by atoms with Gasteiger partial charge in [-0.3, -0.25) is 9.10 Å². The first kappa shape index (κ1) is 21.5. The molecular weight excluding hydrogens is 520 g/mol. The van der Waals surface area contributed by atoms with Crippen LogP contribution in [0.25, 0.3) is 0 Å². The molecular formula is C21H18Br2N2O3S. The molecule has 3 aromatic rings. The van der Waals surface area contributed by atoms with E-state index in [-0.39, 0.29) is 16.4 Å². The van der Waals surface area contributed by atoms with Gasteiger partial charge in [-0.25, -0.2) is 8.42 Å². The summed E-state index contributed by atoms with van der Waals surface area (Å²) in [6.07, 6.45) is 0. The molecule has 0 saturated heterocycles. The first-order chi connectivity index (χ1) is 13.7. The van der Waals surface area contributed by atoms with Crippen LogP contribution in [0.5, 0.6) is 0 Å². The predicted octanol–water partition coefficient (Wildman–Crippen LogP) is 5.60. The number of carbonyl (C=O) groups is 1. The van der Waals surface area contributed by atoms with Gasteiger partial charge in [0, 0.05) is 27.2 Å². The van der Waals surface area contributed by atoms with E-state index in [2.05, 4.69) is 37.2 Å². The van der Waals surface area contributed by atoms with E-state index in [1.54, 1.807) is 42.5 Å². The van der Waals surface area contributed by atoms with Gasteiger partial charge in [-0.1, -0.05) is 37.9 Å². The Morgan fingerprint density at radius 1 is 0.931 bits per heavy atom. The maximum Gasteiger partial charge on any atom is 0.264 e. The van der Waals surface area contributed by atoms with Gasteiger partial charge in [0.25, 0.3) is 15.9 Å². The molecule has 0 atom stereocenters. The molecule has 0 aliphatic carbocycles. The van der Waals surface area contributed by atoms with E-state index in [9.17, 15) is 13.2 Å². The molecule has 0 heterocycles. The molecule has 3 rings (SSSR count). The highest BCUT2D eigenvalue weighted by molar-refractivity contribution is 9.10. The second kappa shape index (κ2) is 8.69. The number of hydrogen-bond donors (Lipinski definition) is 1. The molecule has 0 radical (unpaired) electrons. The molecule has 29 heavy (non-hydrogen) atoms. The number of hydrogen-bond acceptors (Lipinski definition) is 3. The van der Waals surface area contributed by atoms with Crippen molar-refractivity contribution in [3.8, 4) is 0 Å². The van der Waals surface area contributed by atoms with Crippen LogP contribution in [0, 0.1) is 6.92 Å². The number of rotatable bonds is 5. The summed E-state index contributed by atoms with van der Waals surface area (Å²) in [6, 6.07) is 18.5. The van der Waals surface area contributed by atoms with Crippen LogP contribution < -0.4 is 9.62 Å². The lowest BCUT2D eigenvalue weighted by atomic mass is 10.1. The number of aryl methyl sites for hydroxylation is 1. The summed E-state index contributed by atoms with van der Waals surface area (Å²) < 4.78 is 29.0. The Morgan fingerprint density at radius 3 is 2.24 bits per heavy atom. The van der Waals surface area contributed by atoms with Gasteiger partial charge in [0.1, 0.15) is 0 Å². The molecule has 150 valence electrons. The summed E-state index contributed by atoms with van der Waals surface area (Å²) in [6.45, 7) is 1.88. The van der Waals surface area contributed by atoms with Crippen LogP contribution in [0.2, 0.25) is 0 Å². The first-order valence-electron chi connectivity index (χ1n) is 8.60. The van der Waals surface area contributed by atoms with Crippen LogP contribution in [-0.2, 0) is 10.0 Å². The Balaban J connectivity index is 1.87. The zero-order valence-electron chi connectivity index (χ0n) is 15.7. The molecule has 0 aromatic heterocycles. The molecule has 0 spiro atoms. The Bertz CT molecular complexity index is 1160. The van der Waals surface area contributed by atoms with Gasteiger partial charge in [-0.05, 0) is 73.2 Å². The lowest BCUT2D eigenvalue weighted by molar-refractivity contribution is 0.102. The third kappa shape index (κ3) is 4.88. The average Bonchev–Trinajstić information content (AvgIpc) is 2.70. The monoisotopic (exact) mass is 536 g/mol. The third-order valence-electron chi connectivity index (χ3n) is 4.38. The fraction of sp³-hybridized carbons (Fsp3) is 0.0952. The molecule has 3 aromatic carbocycles. The van der Waals surface area contributed by atoms with E-state index in [1.165, 1.54) is 23.5 Å². The SMILES string of the molecule is Cc1cc(Br)ccc1NC(=O)c1cccc(S(=O)(=O)N(C)c2ccc(Br)cc2)c1. The minimum Gasteiger partial charge on any atom is -0.322 e. The van der Waals surface area contributed by atoms with Gasteiger partial charge in [0.15, 0.2) is 0 Å². The van der Waals surface area contributed by atoms with Gasteiger partial charge in [-0.15, -0.1) is 0 Å². The number of halogens is 2. The van der Waals surface area contributed by atoms with Crippen molar-refractivity contribution in [2.75, 3.05) is 16.7 Å². The van der Waals surface area contributed by atoms with Crippen molar-refractivity contribution < 1.29 is 13.2 Å². The largest absolute Gasteiger partial charge is 0.322 e. The van der Waals surface area contributed by atoms with Crippen LogP contribution in [0.4, 0.5) is 11.4 Å². The van der Waals surface area contributed by atoms with Gasteiger partial charge < -0.3 is 5.32 Å². The van der Waals surface area contributed by atoms with Crippen molar-refractivity contribution in [2.24, 2.45) is 0 Å². The van der Waals surface area contributed by atoms with Gasteiger partial charge in [0.05, 0.1) is 10.6 Å².